The van der Waals surface area contributed by atoms with Crippen LogP contribution in [0.25, 0.3) is 6.08 Å². The molecule has 0 aromatic heterocycles. The molecule has 4 aromatic rings. The zero-order chi connectivity index (χ0) is 28.9. The van der Waals surface area contributed by atoms with E-state index in [2.05, 4.69) is 5.32 Å². The number of imide groups is 2. The number of nitrogens with one attached hydrogen (secondary N) is 1. The van der Waals surface area contributed by atoms with E-state index in [9.17, 15) is 14.4 Å². The lowest BCUT2D eigenvalue weighted by Gasteiger charge is -2.26. The number of barbiturate groups is 1. The van der Waals surface area contributed by atoms with Gasteiger partial charge in [-0.05, 0) is 72.3 Å². The first kappa shape index (κ1) is 28.2. The summed E-state index contributed by atoms with van der Waals surface area (Å²) in [6.07, 6.45) is 1.35. The van der Waals surface area contributed by atoms with Crippen LogP contribution in [0.1, 0.15) is 16.7 Å². The second-order valence-electron chi connectivity index (χ2n) is 8.93. The van der Waals surface area contributed by atoms with Gasteiger partial charge in [-0.1, -0.05) is 65.1 Å². The van der Waals surface area contributed by atoms with E-state index in [1.807, 2.05) is 30.3 Å². The van der Waals surface area contributed by atoms with Crippen LogP contribution in [0.15, 0.2) is 96.6 Å². The van der Waals surface area contributed by atoms with E-state index >= 15 is 0 Å². The van der Waals surface area contributed by atoms with Crippen molar-refractivity contribution in [3.8, 4) is 11.5 Å². The van der Waals surface area contributed by atoms with Gasteiger partial charge in [0, 0.05) is 26.2 Å². The van der Waals surface area contributed by atoms with Crippen molar-refractivity contribution in [2.75, 3.05) is 4.90 Å². The maximum atomic E-state index is 13.4. The van der Waals surface area contributed by atoms with Crippen molar-refractivity contribution in [1.29, 1.82) is 0 Å². The molecule has 7 nitrogen and oxygen atoms in total. The molecule has 0 spiro atoms. The van der Waals surface area contributed by atoms with E-state index in [0.717, 1.165) is 16.0 Å². The van der Waals surface area contributed by atoms with Crippen molar-refractivity contribution in [3.05, 3.63) is 128 Å². The van der Waals surface area contributed by atoms with E-state index in [1.54, 1.807) is 60.7 Å². The third-order valence-corrected chi connectivity index (χ3v) is 6.98. The Bertz CT molecular complexity index is 1650. The SMILES string of the molecule is O=C1NC(=O)N(c2ccc(OCc3ccccc3Cl)cc2)C(=O)/C1=C/c1cc(Cl)ccc1OCc1ccc(Cl)cc1. The van der Waals surface area contributed by atoms with Crippen LogP contribution in [0.5, 0.6) is 11.5 Å². The van der Waals surface area contributed by atoms with Gasteiger partial charge >= 0.3 is 6.03 Å². The molecular weight excluding hydrogens is 587 g/mol. The van der Waals surface area contributed by atoms with Crippen molar-refractivity contribution < 1.29 is 23.9 Å². The zero-order valence-electron chi connectivity index (χ0n) is 21.3. The first-order valence-corrected chi connectivity index (χ1v) is 13.5. The second kappa shape index (κ2) is 12.5. The van der Waals surface area contributed by atoms with Gasteiger partial charge in [0.1, 0.15) is 30.3 Å². The number of amides is 4. The van der Waals surface area contributed by atoms with Crippen molar-refractivity contribution in [1.82, 2.24) is 5.32 Å². The first-order valence-electron chi connectivity index (χ1n) is 12.3. The number of urea groups is 1. The fourth-order valence-corrected chi connectivity index (χ4v) is 4.52. The van der Waals surface area contributed by atoms with Gasteiger partial charge < -0.3 is 9.47 Å². The summed E-state index contributed by atoms with van der Waals surface area (Å²) in [6.45, 7) is 0.455. The smallest absolute Gasteiger partial charge is 0.335 e. The van der Waals surface area contributed by atoms with Crippen LogP contribution in [0.2, 0.25) is 15.1 Å². The first-order chi connectivity index (χ1) is 19.8. The normalized spacial score (nSPS) is 14.3. The van der Waals surface area contributed by atoms with Gasteiger partial charge in [-0.25, -0.2) is 9.69 Å². The number of hydrogen-bond acceptors (Lipinski definition) is 5. The molecule has 1 aliphatic rings. The molecule has 0 unspecified atom stereocenters. The molecule has 4 amide bonds. The highest BCUT2D eigenvalue weighted by molar-refractivity contribution is 6.39. The number of carbonyl (C=O) groups is 3. The Balaban J connectivity index is 1.36. The van der Waals surface area contributed by atoms with Gasteiger partial charge in [0.2, 0.25) is 0 Å². The quantitative estimate of drug-likeness (QED) is 0.166. The number of anilines is 1. The molecule has 5 rings (SSSR count). The predicted molar refractivity (Wildman–Crippen MR) is 158 cm³/mol. The molecule has 1 heterocycles. The highest BCUT2D eigenvalue weighted by Crippen LogP contribution is 2.29. The number of halogens is 3. The number of carbonyl (C=O) groups excluding carboxylic acids is 3. The molecule has 1 aliphatic heterocycles. The fourth-order valence-electron chi connectivity index (χ4n) is 4.02. The maximum Gasteiger partial charge on any atom is 0.335 e. The summed E-state index contributed by atoms with van der Waals surface area (Å²) in [7, 11) is 0. The lowest BCUT2D eigenvalue weighted by molar-refractivity contribution is -0.122. The van der Waals surface area contributed by atoms with Crippen LogP contribution < -0.4 is 19.7 Å². The summed E-state index contributed by atoms with van der Waals surface area (Å²) in [4.78, 5) is 39.8. The van der Waals surface area contributed by atoms with Crippen molar-refractivity contribution in [2.24, 2.45) is 0 Å². The number of benzene rings is 4. The molecule has 0 radical (unpaired) electrons. The largest absolute Gasteiger partial charge is 0.489 e. The molecule has 0 aliphatic carbocycles. The lowest BCUT2D eigenvalue weighted by Crippen LogP contribution is -2.54. The summed E-state index contributed by atoms with van der Waals surface area (Å²) in [6, 6.07) is 24.8. The number of rotatable bonds is 8. The maximum absolute atomic E-state index is 13.4. The van der Waals surface area contributed by atoms with Gasteiger partial charge in [0.25, 0.3) is 11.8 Å². The Kier molecular flexibility index (Phi) is 8.59. The molecule has 1 fully saturated rings. The molecular formula is C31H21Cl3N2O5. The minimum absolute atomic E-state index is 0.213. The van der Waals surface area contributed by atoms with Gasteiger partial charge in [-0.15, -0.1) is 0 Å². The minimum atomic E-state index is -0.868. The van der Waals surface area contributed by atoms with Crippen molar-refractivity contribution in [3.63, 3.8) is 0 Å². The van der Waals surface area contributed by atoms with E-state index < -0.39 is 17.8 Å². The van der Waals surface area contributed by atoms with E-state index in [0.29, 0.717) is 32.1 Å². The third kappa shape index (κ3) is 6.72. The Morgan fingerprint density at radius 3 is 2.20 bits per heavy atom. The van der Waals surface area contributed by atoms with Crippen LogP contribution in [0.3, 0.4) is 0 Å². The summed E-state index contributed by atoms with van der Waals surface area (Å²) in [5, 5.41) is 3.78. The van der Waals surface area contributed by atoms with Crippen LogP contribution in [-0.4, -0.2) is 17.8 Å². The molecule has 41 heavy (non-hydrogen) atoms. The lowest BCUT2D eigenvalue weighted by atomic mass is 10.1. The number of ether oxygens (including phenoxy) is 2. The second-order valence-corrected chi connectivity index (χ2v) is 10.2. The minimum Gasteiger partial charge on any atom is -0.489 e. The fraction of sp³-hybridized carbons (Fsp3) is 0.0645. The van der Waals surface area contributed by atoms with Crippen LogP contribution >= 0.6 is 34.8 Å². The Hall–Kier alpha value is -4.30. The molecule has 0 bridgehead atoms. The highest BCUT2D eigenvalue weighted by Gasteiger charge is 2.37. The predicted octanol–water partition coefficient (Wildman–Crippen LogP) is 7.47. The average Bonchev–Trinajstić information content (AvgIpc) is 2.96. The standard InChI is InChI=1S/C31H21Cl3N2O5/c32-22-7-5-19(6-8-22)17-41-28-14-9-23(33)15-21(28)16-26-29(37)35-31(39)36(30(26)38)24-10-12-25(13-11-24)40-18-20-3-1-2-4-27(20)34/h1-16H,17-18H2,(H,35,37,39)/b26-16+. The van der Waals surface area contributed by atoms with Crippen LogP contribution in [0, 0.1) is 0 Å². The number of hydrogen-bond donors (Lipinski definition) is 1. The average molecular weight is 608 g/mol. The Morgan fingerprint density at radius 2 is 1.46 bits per heavy atom. The van der Waals surface area contributed by atoms with E-state index in [4.69, 9.17) is 44.3 Å². The molecule has 10 heteroatoms. The number of nitrogens with zero attached hydrogens (tertiary/aromatic N) is 1. The third-order valence-electron chi connectivity index (χ3n) is 6.13. The van der Waals surface area contributed by atoms with Crippen LogP contribution in [0.4, 0.5) is 10.5 Å². The molecule has 0 atom stereocenters. The Morgan fingerprint density at radius 1 is 0.756 bits per heavy atom. The van der Waals surface area contributed by atoms with Gasteiger partial charge in [-0.3, -0.25) is 14.9 Å². The summed E-state index contributed by atoms with van der Waals surface area (Å²) < 4.78 is 11.7. The van der Waals surface area contributed by atoms with E-state index in [-0.39, 0.29) is 24.5 Å². The monoisotopic (exact) mass is 606 g/mol. The van der Waals surface area contributed by atoms with Gasteiger partial charge in [0.15, 0.2) is 0 Å². The zero-order valence-corrected chi connectivity index (χ0v) is 23.5. The molecule has 1 N–H and O–H groups in total. The topological polar surface area (TPSA) is 84.9 Å². The highest BCUT2D eigenvalue weighted by atomic mass is 35.5. The van der Waals surface area contributed by atoms with Crippen molar-refractivity contribution in [2.45, 2.75) is 13.2 Å². The molecule has 0 saturated carbocycles. The van der Waals surface area contributed by atoms with E-state index in [1.165, 1.54) is 6.08 Å². The van der Waals surface area contributed by atoms with Crippen LogP contribution in [-0.2, 0) is 22.8 Å². The molecule has 1 saturated heterocycles. The summed E-state index contributed by atoms with van der Waals surface area (Å²) in [5.74, 6) is -0.737. The van der Waals surface area contributed by atoms with Gasteiger partial charge in [0.05, 0.1) is 5.69 Å². The van der Waals surface area contributed by atoms with Gasteiger partial charge in [-0.2, -0.15) is 0 Å². The summed E-state index contributed by atoms with van der Waals surface area (Å²) in [5.41, 5.74) is 2.06. The molecule has 4 aromatic carbocycles. The molecule has 206 valence electrons. The Labute approximate surface area is 250 Å². The van der Waals surface area contributed by atoms with Crippen molar-refractivity contribution >= 4 is 64.4 Å². The summed E-state index contributed by atoms with van der Waals surface area (Å²) >= 11 is 18.3.